The normalized spacial score (nSPS) is 16.5. The molecule has 0 amide bonds. The number of carbonyl (C=O) groups is 2. The second kappa shape index (κ2) is 11.6. The van der Waals surface area contributed by atoms with Crippen LogP contribution in [0, 0.1) is 17.8 Å². The van der Waals surface area contributed by atoms with E-state index in [4.69, 9.17) is 13.6 Å². The Morgan fingerprint density at radius 3 is 1.95 bits per heavy atom. The number of hydrogen-bond acceptors (Lipinski definition) is 4. The van der Waals surface area contributed by atoms with Crippen molar-refractivity contribution in [3.63, 3.8) is 0 Å². The predicted octanol–water partition coefficient (Wildman–Crippen LogP) is 3.97. The summed E-state index contributed by atoms with van der Waals surface area (Å²) in [6, 6.07) is 0. The van der Waals surface area contributed by atoms with E-state index in [1.807, 2.05) is 0 Å². The fourth-order valence-electron chi connectivity index (χ4n) is 2.09. The van der Waals surface area contributed by atoms with Crippen molar-refractivity contribution in [2.45, 2.75) is 66.7 Å². The van der Waals surface area contributed by atoms with E-state index in [1.54, 1.807) is 13.8 Å². The third-order valence-electron chi connectivity index (χ3n) is 3.61. The molecule has 0 bridgehead atoms. The van der Waals surface area contributed by atoms with Crippen molar-refractivity contribution in [1.29, 1.82) is 0 Å². The molecule has 21 heavy (non-hydrogen) atoms. The van der Waals surface area contributed by atoms with Gasteiger partial charge in [0.05, 0.1) is 13.2 Å². The average molecular weight is 303 g/mol. The van der Waals surface area contributed by atoms with Crippen LogP contribution in [0.25, 0.3) is 0 Å². The van der Waals surface area contributed by atoms with E-state index in [1.165, 1.54) is 0 Å². The molecule has 0 rings (SSSR count). The lowest BCUT2D eigenvalue weighted by Gasteiger charge is -2.19. The van der Waals surface area contributed by atoms with Gasteiger partial charge in [0.15, 0.2) is 5.92 Å². The molecule has 124 valence electrons. The Hall–Kier alpha value is -1.06. The van der Waals surface area contributed by atoms with Crippen LogP contribution in [0.5, 0.6) is 0 Å². The molecular weight excluding hydrogens is 268 g/mol. The van der Waals surface area contributed by atoms with E-state index in [0.717, 1.165) is 19.3 Å². The first-order chi connectivity index (χ1) is 11.2. The predicted molar refractivity (Wildman–Crippen MR) is 83.8 cm³/mol. The van der Waals surface area contributed by atoms with E-state index >= 15 is 0 Å². The summed E-state index contributed by atoms with van der Waals surface area (Å²) in [6.45, 7) is 5.59. The molecule has 0 aromatic carbocycles. The van der Waals surface area contributed by atoms with Gasteiger partial charge in [-0.05, 0) is 32.1 Å². The molecule has 0 spiro atoms. The van der Waals surface area contributed by atoms with Crippen LogP contribution in [-0.2, 0) is 19.1 Å². The van der Waals surface area contributed by atoms with Crippen molar-refractivity contribution in [2.24, 2.45) is 17.8 Å². The minimum Gasteiger partial charge on any atom is -0.465 e. The quantitative estimate of drug-likeness (QED) is 0.428. The van der Waals surface area contributed by atoms with Gasteiger partial charge in [0, 0.05) is 4.11 Å². The van der Waals surface area contributed by atoms with Crippen LogP contribution in [0.2, 0.25) is 0 Å². The second-order valence-electron chi connectivity index (χ2n) is 5.43. The summed E-state index contributed by atoms with van der Waals surface area (Å²) in [7, 11) is 0. The largest absolute Gasteiger partial charge is 0.465 e. The molecule has 0 aliphatic rings. The fraction of sp³-hybridized carbons (Fsp3) is 0.882. The Balaban J connectivity index is 5.01. The zero-order valence-electron chi connectivity index (χ0n) is 16.8. The SMILES string of the molecule is [2H]C([2H])([2H])C(CCCC(C)CC)CC(C(=O)OCC)C(=O)OCC. The summed E-state index contributed by atoms with van der Waals surface area (Å²) >= 11 is 0. The smallest absolute Gasteiger partial charge is 0.320 e. The lowest BCUT2D eigenvalue weighted by atomic mass is 9.90. The average Bonchev–Trinajstić information content (AvgIpc) is 2.49. The van der Waals surface area contributed by atoms with E-state index in [2.05, 4.69) is 13.8 Å². The van der Waals surface area contributed by atoms with E-state index in [-0.39, 0.29) is 19.6 Å². The van der Waals surface area contributed by atoms with Crippen LogP contribution in [0.4, 0.5) is 0 Å². The molecule has 0 N–H and O–H groups in total. The van der Waals surface area contributed by atoms with Gasteiger partial charge in [0.1, 0.15) is 0 Å². The monoisotopic (exact) mass is 303 g/mol. The Morgan fingerprint density at radius 1 is 1.00 bits per heavy atom. The van der Waals surface area contributed by atoms with Crippen molar-refractivity contribution in [1.82, 2.24) is 0 Å². The molecule has 0 saturated heterocycles. The third kappa shape index (κ3) is 8.74. The Morgan fingerprint density at radius 2 is 1.52 bits per heavy atom. The fourth-order valence-corrected chi connectivity index (χ4v) is 2.09. The molecule has 0 aromatic heterocycles. The maximum atomic E-state index is 12.0. The highest BCUT2D eigenvalue weighted by Gasteiger charge is 2.30. The molecular formula is C17H32O4. The number of esters is 2. The Bertz CT molecular complexity index is 365. The highest BCUT2D eigenvalue weighted by molar-refractivity contribution is 5.94. The maximum Gasteiger partial charge on any atom is 0.320 e. The Labute approximate surface area is 133 Å². The first kappa shape index (κ1) is 14.9. The first-order valence-corrected chi connectivity index (χ1v) is 8.00. The number of rotatable bonds is 11. The second-order valence-corrected chi connectivity index (χ2v) is 5.43. The summed E-state index contributed by atoms with van der Waals surface area (Å²) in [5.41, 5.74) is 0. The molecule has 0 aliphatic carbocycles. The van der Waals surface area contributed by atoms with Gasteiger partial charge in [-0.3, -0.25) is 9.59 Å². The molecule has 2 atom stereocenters. The zero-order valence-corrected chi connectivity index (χ0v) is 13.8. The summed E-state index contributed by atoms with van der Waals surface area (Å²) in [5, 5.41) is 0. The molecule has 0 heterocycles. The van der Waals surface area contributed by atoms with Gasteiger partial charge >= 0.3 is 11.9 Å². The van der Waals surface area contributed by atoms with Crippen molar-refractivity contribution in [3.05, 3.63) is 0 Å². The molecule has 0 aromatic rings. The number of hydrogen-bond donors (Lipinski definition) is 0. The van der Waals surface area contributed by atoms with Crippen LogP contribution >= 0.6 is 0 Å². The summed E-state index contributed by atoms with van der Waals surface area (Å²) in [6.07, 6.45) is 3.14. The van der Waals surface area contributed by atoms with Crippen LogP contribution in [0.15, 0.2) is 0 Å². The summed E-state index contributed by atoms with van der Waals surface area (Å²) in [5.74, 6) is -2.76. The first-order valence-electron chi connectivity index (χ1n) is 9.50. The standard InChI is InChI=1S/C17H32O4/c1-6-13(4)10-9-11-14(5)12-15(16(18)20-7-2)17(19)21-8-3/h13-15H,6-12H2,1-5H3/i5D3. The van der Waals surface area contributed by atoms with Gasteiger partial charge in [-0.15, -0.1) is 0 Å². The van der Waals surface area contributed by atoms with Gasteiger partial charge < -0.3 is 9.47 Å². The van der Waals surface area contributed by atoms with E-state index in [9.17, 15) is 9.59 Å². The van der Waals surface area contributed by atoms with Crippen LogP contribution in [0.3, 0.4) is 0 Å². The highest BCUT2D eigenvalue weighted by atomic mass is 16.6. The maximum absolute atomic E-state index is 12.0. The molecule has 0 fully saturated rings. The van der Waals surface area contributed by atoms with Crippen LogP contribution < -0.4 is 0 Å². The molecule has 0 saturated carbocycles. The summed E-state index contributed by atoms with van der Waals surface area (Å²) in [4.78, 5) is 24.1. The lowest BCUT2D eigenvalue weighted by Crippen LogP contribution is -2.29. The van der Waals surface area contributed by atoms with Gasteiger partial charge in [-0.2, -0.15) is 0 Å². The molecule has 4 heteroatoms. The zero-order chi connectivity index (χ0) is 18.8. The lowest BCUT2D eigenvalue weighted by molar-refractivity contribution is -0.162. The van der Waals surface area contributed by atoms with E-state index in [0.29, 0.717) is 12.3 Å². The minimum atomic E-state index is -2.22. The van der Waals surface area contributed by atoms with Crippen LogP contribution in [-0.4, -0.2) is 25.2 Å². The number of carbonyl (C=O) groups excluding carboxylic acids is 2. The number of ether oxygens (including phenoxy) is 2. The van der Waals surface area contributed by atoms with Crippen molar-refractivity contribution < 1.29 is 23.2 Å². The van der Waals surface area contributed by atoms with Crippen molar-refractivity contribution in [3.8, 4) is 0 Å². The summed E-state index contributed by atoms with van der Waals surface area (Å²) < 4.78 is 33.0. The van der Waals surface area contributed by atoms with Gasteiger partial charge in [-0.1, -0.05) is 46.4 Å². The van der Waals surface area contributed by atoms with Gasteiger partial charge in [0.25, 0.3) is 0 Å². The van der Waals surface area contributed by atoms with E-state index < -0.39 is 30.6 Å². The van der Waals surface area contributed by atoms with Crippen LogP contribution in [0.1, 0.15) is 70.8 Å². The molecule has 2 unspecified atom stereocenters. The molecule has 4 nitrogen and oxygen atoms in total. The van der Waals surface area contributed by atoms with Crippen molar-refractivity contribution in [2.75, 3.05) is 13.2 Å². The third-order valence-corrected chi connectivity index (χ3v) is 3.61. The Kier molecular flexibility index (Phi) is 8.20. The molecule has 0 radical (unpaired) electrons. The highest BCUT2D eigenvalue weighted by Crippen LogP contribution is 2.22. The topological polar surface area (TPSA) is 52.6 Å². The van der Waals surface area contributed by atoms with Crippen molar-refractivity contribution >= 4 is 11.9 Å². The van der Waals surface area contributed by atoms with Gasteiger partial charge in [-0.25, -0.2) is 0 Å². The minimum absolute atomic E-state index is 0.0608. The van der Waals surface area contributed by atoms with Gasteiger partial charge in [0.2, 0.25) is 0 Å². The molecule has 0 aliphatic heterocycles.